The number of nitrogens with two attached hydrogens (primary N) is 1. The molecule has 0 bridgehead atoms. The highest BCUT2D eigenvalue weighted by atomic mass is 17.2. The van der Waals surface area contributed by atoms with Crippen molar-refractivity contribution in [2.75, 3.05) is 32.2 Å². The van der Waals surface area contributed by atoms with Crippen molar-refractivity contribution in [3.8, 4) is 0 Å². The molecule has 1 aromatic heterocycles. The molecule has 0 radical (unpaired) electrons. The molecule has 0 saturated carbocycles. The Hall–Kier alpha value is -1.48. The van der Waals surface area contributed by atoms with Crippen LogP contribution < -0.4 is 11.3 Å². The highest BCUT2D eigenvalue weighted by molar-refractivity contribution is 5.29. The minimum atomic E-state index is -0.387. The zero-order valence-corrected chi connectivity index (χ0v) is 13.0. The number of nitrogen functional groups attached to an aromatic ring is 1. The van der Waals surface area contributed by atoms with Crippen molar-refractivity contribution in [2.24, 2.45) is 5.41 Å². The quantitative estimate of drug-likeness (QED) is 0.414. The van der Waals surface area contributed by atoms with Gasteiger partial charge in [-0.05, 0) is 33.1 Å². The molecule has 0 unspecified atom stereocenters. The molecule has 0 atom stereocenters. The fourth-order valence-corrected chi connectivity index (χ4v) is 2.59. The molecule has 1 aliphatic carbocycles. The minimum absolute atomic E-state index is 0.146. The Labute approximate surface area is 128 Å². The van der Waals surface area contributed by atoms with Gasteiger partial charge in [-0.15, -0.1) is 0 Å². The molecule has 0 amide bonds. The van der Waals surface area contributed by atoms with Crippen molar-refractivity contribution in [1.29, 1.82) is 0 Å². The molecule has 8 heteroatoms. The second-order valence-electron chi connectivity index (χ2n) is 5.39. The highest BCUT2D eigenvalue weighted by Crippen LogP contribution is 2.34. The van der Waals surface area contributed by atoms with Crippen molar-refractivity contribution < 1.29 is 19.6 Å². The number of hydrogen-bond donors (Lipinski definition) is 2. The van der Waals surface area contributed by atoms with Gasteiger partial charge in [0.2, 0.25) is 5.95 Å². The lowest BCUT2D eigenvalue weighted by atomic mass is 9.74. The molecule has 0 spiro atoms. The summed E-state index contributed by atoms with van der Waals surface area (Å²) in [4.78, 5) is 39.3. The van der Waals surface area contributed by atoms with E-state index in [0.717, 1.165) is 12.1 Å². The largest absolute Gasteiger partial charge is 0.369 e. The second-order valence-corrected chi connectivity index (χ2v) is 5.39. The number of fused-ring (bicyclic) bond motifs is 1. The summed E-state index contributed by atoms with van der Waals surface area (Å²) >= 11 is 0. The summed E-state index contributed by atoms with van der Waals surface area (Å²) < 4.78 is 0. The number of rotatable bonds is 8. The smallest absolute Gasteiger partial charge is 0.255 e. The van der Waals surface area contributed by atoms with E-state index in [9.17, 15) is 4.79 Å². The van der Waals surface area contributed by atoms with Gasteiger partial charge in [-0.2, -0.15) is 0 Å². The standard InChI is InChI=1S/C14H23N3O5/c1-3-19-21-8-14(9-22-20-4-2)6-5-11-10(7-14)12(18)17-13(15)16-11/h3-9H2,1-2H3,(H3,15,16,17,18). The molecule has 3 N–H and O–H groups in total. The first-order valence-electron chi connectivity index (χ1n) is 7.46. The van der Waals surface area contributed by atoms with Crippen LogP contribution in [0.4, 0.5) is 5.95 Å². The van der Waals surface area contributed by atoms with Crippen molar-refractivity contribution in [3.05, 3.63) is 21.6 Å². The van der Waals surface area contributed by atoms with Gasteiger partial charge in [0.1, 0.15) is 0 Å². The summed E-state index contributed by atoms with van der Waals surface area (Å²) in [5.74, 6) is 0.146. The number of H-pyrrole nitrogens is 1. The predicted molar refractivity (Wildman–Crippen MR) is 78.9 cm³/mol. The van der Waals surface area contributed by atoms with Crippen molar-refractivity contribution in [1.82, 2.24) is 9.97 Å². The molecule has 8 nitrogen and oxygen atoms in total. The van der Waals surface area contributed by atoms with Crippen LogP contribution in [0.1, 0.15) is 31.5 Å². The highest BCUT2D eigenvalue weighted by Gasteiger charge is 2.38. The maximum absolute atomic E-state index is 12.1. The van der Waals surface area contributed by atoms with E-state index >= 15 is 0 Å². The predicted octanol–water partition coefficient (Wildman–Crippen LogP) is 0.763. The molecule has 0 aromatic carbocycles. The minimum Gasteiger partial charge on any atom is -0.369 e. The van der Waals surface area contributed by atoms with E-state index in [1.54, 1.807) is 0 Å². The number of nitrogens with one attached hydrogen (secondary N) is 1. The molecule has 0 aliphatic heterocycles. The molecule has 22 heavy (non-hydrogen) atoms. The lowest BCUT2D eigenvalue weighted by Gasteiger charge is -2.35. The van der Waals surface area contributed by atoms with Gasteiger partial charge in [-0.3, -0.25) is 9.78 Å². The van der Waals surface area contributed by atoms with Crippen LogP contribution in [-0.4, -0.2) is 36.4 Å². The van der Waals surface area contributed by atoms with E-state index in [2.05, 4.69) is 9.97 Å². The van der Waals surface area contributed by atoms with Crippen molar-refractivity contribution in [3.63, 3.8) is 0 Å². The number of aromatic amines is 1. The first-order valence-corrected chi connectivity index (χ1v) is 7.46. The lowest BCUT2D eigenvalue weighted by molar-refractivity contribution is -0.339. The number of aryl methyl sites for hydroxylation is 1. The Bertz CT molecular complexity index is 536. The zero-order chi connectivity index (χ0) is 16.0. The summed E-state index contributed by atoms with van der Waals surface area (Å²) in [5.41, 5.74) is 6.36. The normalized spacial score (nSPS) is 16.5. The van der Waals surface area contributed by atoms with Gasteiger partial charge in [-0.25, -0.2) is 24.5 Å². The van der Waals surface area contributed by atoms with Gasteiger partial charge in [0.15, 0.2) is 0 Å². The summed E-state index contributed by atoms with van der Waals surface area (Å²) in [5, 5.41) is 0. The SMILES string of the molecule is CCOOCC1(COOCC)CCc2nc(N)[nH]c(=O)c2C1. The summed E-state index contributed by atoms with van der Waals surface area (Å²) in [6, 6.07) is 0. The molecule has 1 aromatic rings. The molecule has 124 valence electrons. The van der Waals surface area contributed by atoms with Gasteiger partial charge in [-0.1, -0.05) is 0 Å². The summed E-state index contributed by atoms with van der Waals surface area (Å²) in [6.45, 7) is 5.23. The molecular weight excluding hydrogens is 290 g/mol. The first-order chi connectivity index (χ1) is 10.6. The molecule has 2 rings (SSSR count). The van der Waals surface area contributed by atoms with E-state index in [-0.39, 0.29) is 16.9 Å². The third kappa shape index (κ3) is 4.04. The molecule has 1 heterocycles. The molecule has 0 saturated heterocycles. The first kappa shape index (κ1) is 16.9. The topological polar surface area (TPSA) is 109 Å². The van der Waals surface area contributed by atoms with Gasteiger partial charge in [0.25, 0.3) is 5.56 Å². The number of hydrogen-bond acceptors (Lipinski definition) is 7. The monoisotopic (exact) mass is 313 g/mol. The maximum atomic E-state index is 12.1. The van der Waals surface area contributed by atoms with Crippen molar-refractivity contribution in [2.45, 2.75) is 33.1 Å². The lowest BCUT2D eigenvalue weighted by Crippen LogP contribution is -2.41. The Morgan fingerprint density at radius 3 is 2.41 bits per heavy atom. The van der Waals surface area contributed by atoms with Crippen LogP contribution in [-0.2, 0) is 32.4 Å². The Morgan fingerprint density at radius 1 is 1.18 bits per heavy atom. The third-order valence-electron chi connectivity index (χ3n) is 3.70. The van der Waals surface area contributed by atoms with E-state index in [1.165, 1.54) is 0 Å². The average Bonchev–Trinajstić information content (AvgIpc) is 2.49. The number of anilines is 1. The van der Waals surface area contributed by atoms with Crippen LogP contribution in [0, 0.1) is 5.41 Å². The maximum Gasteiger partial charge on any atom is 0.255 e. The Kier molecular flexibility index (Phi) is 5.90. The van der Waals surface area contributed by atoms with Gasteiger partial charge in [0, 0.05) is 11.0 Å². The van der Waals surface area contributed by atoms with Crippen LogP contribution in [0.25, 0.3) is 0 Å². The zero-order valence-electron chi connectivity index (χ0n) is 13.0. The Morgan fingerprint density at radius 2 is 1.82 bits per heavy atom. The van der Waals surface area contributed by atoms with Gasteiger partial charge < -0.3 is 5.73 Å². The van der Waals surface area contributed by atoms with Gasteiger partial charge in [0.05, 0.1) is 32.1 Å². The second kappa shape index (κ2) is 7.68. The Balaban J connectivity index is 2.17. The average molecular weight is 313 g/mol. The summed E-state index contributed by atoms with van der Waals surface area (Å²) in [6.07, 6.45) is 1.86. The van der Waals surface area contributed by atoms with Gasteiger partial charge >= 0.3 is 0 Å². The molecule has 0 fully saturated rings. The third-order valence-corrected chi connectivity index (χ3v) is 3.70. The van der Waals surface area contributed by atoms with Crippen LogP contribution in [0.5, 0.6) is 0 Å². The van der Waals surface area contributed by atoms with Crippen molar-refractivity contribution >= 4 is 5.95 Å². The summed E-state index contributed by atoms with van der Waals surface area (Å²) in [7, 11) is 0. The van der Waals surface area contributed by atoms with Crippen LogP contribution >= 0.6 is 0 Å². The molecular formula is C14H23N3O5. The van der Waals surface area contributed by atoms with E-state index in [1.807, 2.05) is 13.8 Å². The fourth-order valence-electron chi connectivity index (χ4n) is 2.59. The van der Waals surface area contributed by atoms with Crippen LogP contribution in [0.15, 0.2) is 4.79 Å². The number of nitrogens with zero attached hydrogens (tertiary/aromatic N) is 1. The van der Waals surface area contributed by atoms with E-state index in [0.29, 0.717) is 44.8 Å². The van der Waals surface area contributed by atoms with Crippen LogP contribution in [0.2, 0.25) is 0 Å². The van der Waals surface area contributed by atoms with E-state index < -0.39 is 0 Å². The number of aromatic nitrogens is 2. The van der Waals surface area contributed by atoms with E-state index in [4.69, 9.17) is 25.3 Å². The van der Waals surface area contributed by atoms with Crippen LogP contribution in [0.3, 0.4) is 0 Å². The molecule has 1 aliphatic rings. The fraction of sp³-hybridized carbons (Fsp3) is 0.714.